The predicted octanol–water partition coefficient (Wildman–Crippen LogP) is 9.74. The smallest absolute Gasteiger partial charge is 0.115 e. The van der Waals surface area contributed by atoms with E-state index in [0.29, 0.717) is 17.6 Å². The van der Waals surface area contributed by atoms with E-state index in [9.17, 15) is 0 Å². The molecule has 3 aromatic carbocycles. The third-order valence-corrected chi connectivity index (χ3v) is 7.32. The first kappa shape index (κ1) is 27.0. The second kappa shape index (κ2) is 13.5. The van der Waals surface area contributed by atoms with E-state index in [1.807, 2.05) is 24.3 Å². The fraction of sp³-hybridized carbons (Fsp3) is 0.419. The molecule has 2 heteroatoms. The number of phenols is 1. The van der Waals surface area contributed by atoms with Gasteiger partial charge in [0.15, 0.2) is 0 Å². The molecular weight excluding hydrogens is 424 g/mol. The van der Waals surface area contributed by atoms with Crippen LogP contribution >= 0.6 is 11.6 Å². The Morgan fingerprint density at radius 2 is 1.27 bits per heavy atom. The molecule has 0 bridgehead atoms. The molecule has 0 amide bonds. The van der Waals surface area contributed by atoms with Crippen LogP contribution in [-0.2, 0) is 6.42 Å². The molecule has 4 unspecified atom stereocenters. The predicted molar refractivity (Wildman–Crippen MR) is 145 cm³/mol. The minimum absolute atomic E-state index is 0.344. The second-order valence-electron chi connectivity index (χ2n) is 9.43. The van der Waals surface area contributed by atoms with Gasteiger partial charge in [-0.05, 0) is 89.5 Å². The van der Waals surface area contributed by atoms with Gasteiger partial charge in [-0.15, -0.1) is 0 Å². The molecule has 0 spiro atoms. The quantitative estimate of drug-likeness (QED) is 0.407. The maximum Gasteiger partial charge on any atom is 0.115 e. The van der Waals surface area contributed by atoms with Crippen molar-refractivity contribution in [3.8, 4) is 5.75 Å². The summed E-state index contributed by atoms with van der Waals surface area (Å²) in [7, 11) is 0. The Labute approximate surface area is 206 Å². The lowest BCUT2D eigenvalue weighted by atomic mass is 9.97. The van der Waals surface area contributed by atoms with Crippen LogP contribution in [-0.4, -0.2) is 5.11 Å². The van der Waals surface area contributed by atoms with Gasteiger partial charge in [0.25, 0.3) is 0 Å². The van der Waals surface area contributed by atoms with Gasteiger partial charge in [-0.25, -0.2) is 0 Å². The zero-order valence-electron chi connectivity index (χ0n) is 21.2. The van der Waals surface area contributed by atoms with E-state index >= 15 is 0 Å². The van der Waals surface area contributed by atoms with Crippen molar-refractivity contribution in [1.29, 1.82) is 0 Å². The number of halogens is 1. The fourth-order valence-electron chi connectivity index (χ4n) is 4.06. The van der Waals surface area contributed by atoms with E-state index in [1.54, 1.807) is 23.3 Å². The van der Waals surface area contributed by atoms with Crippen molar-refractivity contribution in [3.63, 3.8) is 0 Å². The number of fused-ring (bicyclic) bond motifs is 1. The number of aromatic hydroxyl groups is 1. The average Bonchev–Trinajstić information content (AvgIpc) is 3.13. The lowest BCUT2D eigenvalue weighted by Crippen LogP contribution is -1.97. The largest absolute Gasteiger partial charge is 0.508 e. The highest BCUT2D eigenvalue weighted by Crippen LogP contribution is 2.36. The summed E-state index contributed by atoms with van der Waals surface area (Å²) in [6.07, 6.45) is 3.60. The Morgan fingerprint density at radius 3 is 1.76 bits per heavy atom. The zero-order valence-corrected chi connectivity index (χ0v) is 21.9. The lowest BCUT2D eigenvalue weighted by Gasteiger charge is -2.08. The summed E-state index contributed by atoms with van der Waals surface area (Å²) in [4.78, 5) is 0. The average molecular weight is 465 g/mol. The highest BCUT2D eigenvalue weighted by Gasteiger charge is 2.24. The molecule has 1 N–H and O–H groups in total. The highest BCUT2D eigenvalue weighted by atomic mass is 35.5. The minimum atomic E-state index is 0.344. The van der Waals surface area contributed by atoms with Gasteiger partial charge in [0, 0.05) is 5.02 Å². The molecule has 1 aliphatic carbocycles. The Morgan fingerprint density at radius 1 is 0.788 bits per heavy atom. The standard InChI is InChI=1S/C11H14.C10H13Cl.C10H14O/c1-8-7-10-5-3-4-6-11(10)9(8)2;2*1-3-8(2)9-4-6-10(11)7-5-9/h3-6,8-9H,7H2,1-2H3;4-8H,3H2,1-2H3;4-8,11H,3H2,1-2H3. The van der Waals surface area contributed by atoms with Crippen LogP contribution < -0.4 is 0 Å². The zero-order chi connectivity index (χ0) is 24.4. The lowest BCUT2D eigenvalue weighted by molar-refractivity contribution is 0.475. The number of benzene rings is 3. The third-order valence-electron chi connectivity index (χ3n) is 7.07. The van der Waals surface area contributed by atoms with E-state index in [-0.39, 0.29) is 0 Å². The molecule has 178 valence electrons. The number of hydrogen-bond acceptors (Lipinski definition) is 1. The topological polar surface area (TPSA) is 20.2 Å². The van der Waals surface area contributed by atoms with Crippen molar-refractivity contribution in [2.45, 2.75) is 78.6 Å². The van der Waals surface area contributed by atoms with Crippen LogP contribution in [0.25, 0.3) is 0 Å². The van der Waals surface area contributed by atoms with Crippen molar-refractivity contribution in [2.75, 3.05) is 0 Å². The summed E-state index contributed by atoms with van der Waals surface area (Å²) >= 11 is 5.76. The van der Waals surface area contributed by atoms with Gasteiger partial charge in [-0.3, -0.25) is 0 Å². The van der Waals surface area contributed by atoms with E-state index < -0.39 is 0 Å². The van der Waals surface area contributed by atoms with E-state index in [4.69, 9.17) is 16.7 Å². The number of hydrogen-bond donors (Lipinski definition) is 1. The molecule has 1 nitrogen and oxygen atoms in total. The summed E-state index contributed by atoms with van der Waals surface area (Å²) in [6, 6.07) is 24.3. The van der Waals surface area contributed by atoms with Crippen LogP contribution in [0.3, 0.4) is 0 Å². The third kappa shape index (κ3) is 8.23. The minimum Gasteiger partial charge on any atom is -0.508 e. The van der Waals surface area contributed by atoms with Gasteiger partial charge < -0.3 is 5.11 Å². The normalized spacial score (nSPS) is 18.2. The van der Waals surface area contributed by atoms with Gasteiger partial charge in [-0.1, -0.05) is 102 Å². The Kier molecular flexibility index (Phi) is 11.0. The first-order chi connectivity index (χ1) is 15.8. The molecule has 0 aromatic heterocycles. The summed E-state index contributed by atoms with van der Waals surface area (Å²) in [5.74, 6) is 3.19. The highest BCUT2D eigenvalue weighted by molar-refractivity contribution is 6.30. The molecular formula is C31H41ClO. The first-order valence-electron chi connectivity index (χ1n) is 12.4. The second-order valence-corrected chi connectivity index (χ2v) is 9.87. The van der Waals surface area contributed by atoms with Crippen LogP contribution in [0.2, 0.25) is 5.02 Å². The Balaban J connectivity index is 0.000000175. The van der Waals surface area contributed by atoms with Crippen LogP contribution in [0, 0.1) is 5.92 Å². The molecule has 0 heterocycles. The van der Waals surface area contributed by atoms with Gasteiger partial charge >= 0.3 is 0 Å². The maximum absolute atomic E-state index is 9.01. The van der Waals surface area contributed by atoms with Gasteiger partial charge in [0.05, 0.1) is 0 Å². The molecule has 33 heavy (non-hydrogen) atoms. The molecule has 3 aromatic rings. The number of rotatable bonds is 4. The van der Waals surface area contributed by atoms with Crippen LogP contribution in [0.4, 0.5) is 0 Å². The van der Waals surface area contributed by atoms with E-state index in [1.165, 1.54) is 24.0 Å². The van der Waals surface area contributed by atoms with Crippen molar-refractivity contribution in [3.05, 3.63) is 100 Å². The fourth-order valence-corrected chi connectivity index (χ4v) is 4.19. The molecule has 0 aliphatic heterocycles. The molecule has 0 radical (unpaired) electrons. The number of phenolic OH excluding ortho intramolecular Hbond substituents is 1. The van der Waals surface area contributed by atoms with Gasteiger partial charge in [-0.2, -0.15) is 0 Å². The summed E-state index contributed by atoms with van der Waals surface area (Å²) in [5.41, 5.74) is 5.80. The Hall–Kier alpha value is -2.25. The van der Waals surface area contributed by atoms with Crippen molar-refractivity contribution < 1.29 is 5.11 Å². The Bertz CT molecular complexity index is 894. The summed E-state index contributed by atoms with van der Waals surface area (Å²) in [6.45, 7) is 13.4. The molecule has 4 rings (SSSR count). The molecule has 0 fully saturated rings. The first-order valence-corrected chi connectivity index (χ1v) is 12.8. The molecule has 4 atom stereocenters. The van der Waals surface area contributed by atoms with Crippen molar-refractivity contribution >= 4 is 11.6 Å². The summed E-state index contributed by atoms with van der Waals surface area (Å²) < 4.78 is 0. The van der Waals surface area contributed by atoms with E-state index in [2.05, 4.69) is 77.9 Å². The van der Waals surface area contributed by atoms with E-state index in [0.717, 1.165) is 23.3 Å². The monoisotopic (exact) mass is 464 g/mol. The maximum atomic E-state index is 9.01. The molecule has 0 saturated carbocycles. The van der Waals surface area contributed by atoms with Crippen LogP contribution in [0.5, 0.6) is 5.75 Å². The van der Waals surface area contributed by atoms with Crippen molar-refractivity contribution in [1.82, 2.24) is 0 Å². The SMILES string of the molecule is CC1Cc2ccccc2C1C.CCC(C)c1ccc(Cl)cc1.CCC(C)c1ccc(O)cc1. The molecule has 0 saturated heterocycles. The van der Waals surface area contributed by atoms with Crippen LogP contribution in [0.15, 0.2) is 72.8 Å². The van der Waals surface area contributed by atoms with Crippen LogP contribution in [0.1, 0.15) is 94.4 Å². The van der Waals surface area contributed by atoms with Crippen molar-refractivity contribution in [2.24, 2.45) is 5.92 Å². The van der Waals surface area contributed by atoms with Gasteiger partial charge in [0.1, 0.15) is 5.75 Å². The molecule has 1 aliphatic rings. The van der Waals surface area contributed by atoms with Gasteiger partial charge in [0.2, 0.25) is 0 Å². The summed E-state index contributed by atoms with van der Waals surface area (Å²) in [5, 5.41) is 9.83.